The van der Waals surface area contributed by atoms with E-state index < -0.39 is 12.2 Å². The van der Waals surface area contributed by atoms with Crippen molar-refractivity contribution in [3.63, 3.8) is 0 Å². The topological polar surface area (TPSA) is 79.2 Å². The number of hydrogen-bond donors (Lipinski definition) is 3. The summed E-state index contributed by atoms with van der Waals surface area (Å²) < 4.78 is 10.2. The molecule has 0 saturated heterocycles. The smallest absolute Gasteiger partial charge is 0.128 e. The molecule has 0 fully saturated rings. The minimum atomic E-state index is -1.16. The van der Waals surface area contributed by atoms with Gasteiger partial charge in [0, 0.05) is 6.61 Å². The normalized spacial score (nSPS) is 14.2. The van der Waals surface area contributed by atoms with Gasteiger partial charge in [0.25, 0.3) is 0 Å². The zero-order chi connectivity index (χ0) is 12.8. The molecule has 2 atom stereocenters. The molecule has 0 radical (unpaired) electrons. The van der Waals surface area contributed by atoms with Gasteiger partial charge in [0.2, 0.25) is 0 Å². The SMILES string of the molecule is COc1cccc(OC)c1C(O)C(O)CCO. The van der Waals surface area contributed by atoms with Crippen LogP contribution in [0.15, 0.2) is 18.2 Å². The number of rotatable bonds is 6. The number of hydrogen-bond acceptors (Lipinski definition) is 5. The Morgan fingerprint density at radius 1 is 1.12 bits per heavy atom. The second kappa shape index (κ2) is 6.44. The van der Waals surface area contributed by atoms with Gasteiger partial charge in [-0.05, 0) is 18.6 Å². The molecule has 0 bridgehead atoms. The van der Waals surface area contributed by atoms with E-state index in [4.69, 9.17) is 14.6 Å². The third kappa shape index (κ3) is 3.09. The molecule has 0 aliphatic heterocycles. The minimum Gasteiger partial charge on any atom is -0.496 e. The summed E-state index contributed by atoms with van der Waals surface area (Å²) in [7, 11) is 2.95. The fraction of sp³-hybridized carbons (Fsp3) is 0.500. The molecule has 2 unspecified atom stereocenters. The lowest BCUT2D eigenvalue weighted by atomic mass is 10.0. The first-order chi connectivity index (χ1) is 8.15. The number of methoxy groups -OCH3 is 2. The van der Waals surface area contributed by atoms with Crippen LogP contribution < -0.4 is 9.47 Å². The van der Waals surface area contributed by atoms with Crippen LogP contribution >= 0.6 is 0 Å². The minimum absolute atomic E-state index is 0.0857. The van der Waals surface area contributed by atoms with E-state index in [0.717, 1.165) is 0 Å². The maximum Gasteiger partial charge on any atom is 0.128 e. The average molecular weight is 242 g/mol. The second-order valence-electron chi connectivity index (χ2n) is 3.60. The molecule has 0 heterocycles. The highest BCUT2D eigenvalue weighted by Crippen LogP contribution is 2.35. The molecule has 96 valence electrons. The summed E-state index contributed by atoms with van der Waals surface area (Å²) in [4.78, 5) is 0. The first kappa shape index (κ1) is 13.8. The lowest BCUT2D eigenvalue weighted by Gasteiger charge is -2.21. The quantitative estimate of drug-likeness (QED) is 0.676. The van der Waals surface area contributed by atoms with Crippen LogP contribution in [0.2, 0.25) is 0 Å². The Kier molecular flexibility index (Phi) is 5.21. The number of ether oxygens (including phenoxy) is 2. The van der Waals surface area contributed by atoms with Crippen LogP contribution in [0.1, 0.15) is 18.1 Å². The molecule has 1 aromatic rings. The van der Waals surface area contributed by atoms with Gasteiger partial charge in [-0.1, -0.05) is 6.07 Å². The van der Waals surface area contributed by atoms with Gasteiger partial charge in [-0.2, -0.15) is 0 Å². The Balaban J connectivity index is 3.08. The van der Waals surface area contributed by atoms with Crippen molar-refractivity contribution < 1.29 is 24.8 Å². The van der Waals surface area contributed by atoms with Crippen molar-refractivity contribution in [3.05, 3.63) is 23.8 Å². The van der Waals surface area contributed by atoms with Gasteiger partial charge in [0.15, 0.2) is 0 Å². The highest BCUT2D eigenvalue weighted by atomic mass is 16.5. The molecule has 3 N–H and O–H groups in total. The number of benzene rings is 1. The molecular weight excluding hydrogens is 224 g/mol. The van der Waals surface area contributed by atoms with Crippen LogP contribution in [0.3, 0.4) is 0 Å². The van der Waals surface area contributed by atoms with Crippen molar-refractivity contribution in [2.75, 3.05) is 20.8 Å². The first-order valence-electron chi connectivity index (χ1n) is 5.33. The summed E-state index contributed by atoms with van der Waals surface area (Å²) in [6.45, 7) is -0.199. The van der Waals surface area contributed by atoms with Gasteiger partial charge in [0.05, 0.1) is 25.9 Å². The molecule has 0 saturated carbocycles. The first-order valence-corrected chi connectivity index (χ1v) is 5.33. The van der Waals surface area contributed by atoms with Crippen molar-refractivity contribution in [2.24, 2.45) is 0 Å². The Labute approximate surface area is 100 Å². The maximum absolute atomic E-state index is 10.0. The molecule has 5 nitrogen and oxygen atoms in total. The van der Waals surface area contributed by atoms with Crippen LogP contribution in [0.25, 0.3) is 0 Å². The van der Waals surface area contributed by atoms with E-state index in [0.29, 0.717) is 17.1 Å². The van der Waals surface area contributed by atoms with Crippen molar-refractivity contribution >= 4 is 0 Å². The summed E-state index contributed by atoms with van der Waals surface area (Å²) in [6.07, 6.45) is -2.14. The van der Waals surface area contributed by atoms with Crippen LogP contribution in [-0.2, 0) is 0 Å². The largest absolute Gasteiger partial charge is 0.496 e. The fourth-order valence-electron chi connectivity index (χ4n) is 1.65. The summed E-state index contributed by atoms with van der Waals surface area (Å²) in [6, 6.07) is 5.08. The Morgan fingerprint density at radius 3 is 2.06 bits per heavy atom. The Bertz CT molecular complexity index is 330. The fourth-order valence-corrected chi connectivity index (χ4v) is 1.65. The molecule has 0 amide bonds. The average Bonchev–Trinajstić information content (AvgIpc) is 2.37. The molecule has 0 spiro atoms. The monoisotopic (exact) mass is 242 g/mol. The van der Waals surface area contributed by atoms with Crippen LogP contribution in [0.4, 0.5) is 0 Å². The molecule has 0 aliphatic rings. The van der Waals surface area contributed by atoms with Gasteiger partial charge in [0.1, 0.15) is 17.6 Å². The third-order valence-electron chi connectivity index (χ3n) is 2.55. The van der Waals surface area contributed by atoms with Gasteiger partial charge in [-0.3, -0.25) is 0 Å². The van der Waals surface area contributed by atoms with E-state index in [1.54, 1.807) is 18.2 Å². The summed E-state index contributed by atoms with van der Waals surface area (Å²) in [5, 5.41) is 28.5. The molecule has 1 rings (SSSR count). The molecule has 0 aliphatic carbocycles. The van der Waals surface area contributed by atoms with Crippen LogP contribution in [-0.4, -0.2) is 42.3 Å². The lowest BCUT2D eigenvalue weighted by Crippen LogP contribution is -2.20. The Morgan fingerprint density at radius 2 is 1.65 bits per heavy atom. The third-order valence-corrected chi connectivity index (χ3v) is 2.55. The zero-order valence-electron chi connectivity index (χ0n) is 9.96. The van der Waals surface area contributed by atoms with E-state index in [1.165, 1.54) is 14.2 Å². The molecule has 17 heavy (non-hydrogen) atoms. The number of aliphatic hydroxyl groups is 3. The Hall–Kier alpha value is -1.30. The van der Waals surface area contributed by atoms with Gasteiger partial charge in [-0.15, -0.1) is 0 Å². The summed E-state index contributed by atoms with van der Waals surface area (Å²) in [5.74, 6) is 0.877. The molecular formula is C12H18O5. The van der Waals surface area contributed by atoms with Gasteiger partial charge < -0.3 is 24.8 Å². The number of aliphatic hydroxyl groups excluding tert-OH is 3. The molecule has 1 aromatic carbocycles. The van der Waals surface area contributed by atoms with Gasteiger partial charge >= 0.3 is 0 Å². The standard InChI is InChI=1S/C12H18O5/c1-16-9-4-3-5-10(17-2)11(9)12(15)8(14)6-7-13/h3-5,8,12-15H,6-7H2,1-2H3. The van der Waals surface area contributed by atoms with E-state index in [-0.39, 0.29) is 13.0 Å². The zero-order valence-corrected chi connectivity index (χ0v) is 9.96. The van der Waals surface area contributed by atoms with E-state index >= 15 is 0 Å². The van der Waals surface area contributed by atoms with E-state index in [2.05, 4.69) is 0 Å². The van der Waals surface area contributed by atoms with Crippen LogP contribution in [0, 0.1) is 0 Å². The van der Waals surface area contributed by atoms with Crippen molar-refractivity contribution in [2.45, 2.75) is 18.6 Å². The van der Waals surface area contributed by atoms with E-state index in [1.807, 2.05) is 0 Å². The van der Waals surface area contributed by atoms with Crippen LogP contribution in [0.5, 0.6) is 11.5 Å². The second-order valence-corrected chi connectivity index (χ2v) is 3.60. The summed E-state index contributed by atoms with van der Waals surface area (Å²) >= 11 is 0. The molecule has 5 heteroatoms. The highest BCUT2D eigenvalue weighted by Gasteiger charge is 2.25. The van der Waals surface area contributed by atoms with Crippen molar-refractivity contribution in [1.82, 2.24) is 0 Å². The van der Waals surface area contributed by atoms with Gasteiger partial charge in [-0.25, -0.2) is 0 Å². The maximum atomic E-state index is 10.0. The summed E-state index contributed by atoms with van der Waals surface area (Å²) in [5.41, 5.74) is 0.387. The van der Waals surface area contributed by atoms with E-state index in [9.17, 15) is 10.2 Å². The van der Waals surface area contributed by atoms with Crippen molar-refractivity contribution in [3.8, 4) is 11.5 Å². The lowest BCUT2D eigenvalue weighted by molar-refractivity contribution is 0.00182. The highest BCUT2D eigenvalue weighted by molar-refractivity contribution is 5.46. The van der Waals surface area contributed by atoms with Crippen molar-refractivity contribution in [1.29, 1.82) is 0 Å². The molecule has 0 aromatic heterocycles. The predicted octanol–water partition coefficient (Wildman–Crippen LogP) is 0.480. The predicted molar refractivity (Wildman–Crippen MR) is 62.2 cm³/mol.